The molecule has 1 aromatic carbocycles. The number of hydrogen-bond donors (Lipinski definition) is 2. The zero-order valence-corrected chi connectivity index (χ0v) is 14.2. The quantitative estimate of drug-likeness (QED) is 0.691. The van der Waals surface area contributed by atoms with Gasteiger partial charge in [-0.25, -0.2) is 4.98 Å². The van der Waals surface area contributed by atoms with Gasteiger partial charge in [-0.3, -0.25) is 4.98 Å². The third-order valence-corrected chi connectivity index (χ3v) is 4.66. The average Bonchev–Trinajstić information content (AvgIpc) is 3.12. The lowest BCUT2D eigenvalue weighted by atomic mass is 10.1. The molecule has 0 aliphatic rings. The highest BCUT2D eigenvalue weighted by Gasteiger charge is 2.12. The maximum Gasteiger partial charge on any atom is 0.142 e. The van der Waals surface area contributed by atoms with Crippen molar-refractivity contribution in [2.24, 2.45) is 0 Å². The lowest BCUT2D eigenvalue weighted by molar-refractivity contribution is 0.243. The molecule has 0 spiro atoms. The van der Waals surface area contributed by atoms with Crippen molar-refractivity contribution in [2.45, 2.75) is 12.6 Å². The smallest absolute Gasteiger partial charge is 0.142 e. The van der Waals surface area contributed by atoms with Crippen LogP contribution in [0.3, 0.4) is 0 Å². The molecule has 0 fully saturated rings. The third kappa shape index (κ3) is 3.97. The molecule has 0 unspecified atom stereocenters. The molecule has 2 heterocycles. The number of rotatable bonds is 7. The predicted molar refractivity (Wildman–Crippen MR) is 95.0 cm³/mol. The molecular weight excluding hydrogens is 322 g/mol. The molecular formula is C18H19N3O2S. The molecule has 0 radical (unpaired) electrons. The van der Waals surface area contributed by atoms with Crippen molar-refractivity contribution in [3.63, 3.8) is 0 Å². The van der Waals surface area contributed by atoms with E-state index >= 15 is 0 Å². The summed E-state index contributed by atoms with van der Waals surface area (Å²) >= 11 is 1.60. The molecule has 0 aliphatic carbocycles. The summed E-state index contributed by atoms with van der Waals surface area (Å²) in [5.74, 6) is 0.781. The van der Waals surface area contributed by atoms with Gasteiger partial charge in [-0.2, -0.15) is 0 Å². The van der Waals surface area contributed by atoms with Crippen molar-refractivity contribution in [1.82, 2.24) is 15.3 Å². The summed E-state index contributed by atoms with van der Waals surface area (Å²) in [5.41, 5.74) is 1.87. The Morgan fingerprint density at radius 3 is 2.88 bits per heavy atom. The Morgan fingerprint density at radius 1 is 1.21 bits per heavy atom. The van der Waals surface area contributed by atoms with Crippen molar-refractivity contribution in [2.75, 3.05) is 13.7 Å². The topological polar surface area (TPSA) is 67.3 Å². The second-order valence-corrected chi connectivity index (χ2v) is 6.35. The first kappa shape index (κ1) is 16.6. The summed E-state index contributed by atoms with van der Waals surface area (Å²) in [6.07, 6.45) is 3.61. The van der Waals surface area contributed by atoms with E-state index in [2.05, 4.69) is 15.3 Å². The highest BCUT2D eigenvalue weighted by Crippen LogP contribution is 2.24. The number of thiazole rings is 1. The van der Waals surface area contributed by atoms with E-state index in [9.17, 15) is 5.11 Å². The molecule has 0 amide bonds. The lowest BCUT2D eigenvalue weighted by Crippen LogP contribution is -2.23. The van der Waals surface area contributed by atoms with Crippen LogP contribution in [0.2, 0.25) is 0 Å². The Bertz CT molecular complexity index is 777. The standard InChI is InChI=1S/C18H19N3O2S/c1-23-14-6-4-5-13(9-14)17(12-22)20-10-15-11-21-18(24-15)16-7-2-3-8-19-16/h2-9,11,17,20,22H,10,12H2,1H3/t17-/m0/s1. The average molecular weight is 341 g/mol. The van der Waals surface area contributed by atoms with E-state index in [0.29, 0.717) is 6.54 Å². The first-order valence-corrected chi connectivity index (χ1v) is 8.46. The van der Waals surface area contributed by atoms with Gasteiger partial charge in [0.15, 0.2) is 0 Å². The summed E-state index contributed by atoms with van der Waals surface area (Å²) in [4.78, 5) is 9.83. The predicted octanol–water partition coefficient (Wildman–Crippen LogP) is 3.04. The van der Waals surface area contributed by atoms with Gasteiger partial charge in [-0.15, -0.1) is 11.3 Å². The highest BCUT2D eigenvalue weighted by atomic mass is 32.1. The van der Waals surface area contributed by atoms with Gasteiger partial charge < -0.3 is 15.2 Å². The first-order valence-electron chi connectivity index (χ1n) is 7.64. The number of benzene rings is 1. The van der Waals surface area contributed by atoms with Crippen molar-refractivity contribution in [3.8, 4) is 16.5 Å². The Morgan fingerprint density at radius 2 is 2.12 bits per heavy atom. The van der Waals surface area contributed by atoms with Crippen LogP contribution in [-0.4, -0.2) is 28.8 Å². The van der Waals surface area contributed by atoms with E-state index in [1.807, 2.05) is 48.7 Å². The molecule has 0 bridgehead atoms. The number of ether oxygens (including phenoxy) is 1. The fourth-order valence-corrected chi connectivity index (χ4v) is 3.21. The molecule has 0 saturated heterocycles. The molecule has 6 heteroatoms. The largest absolute Gasteiger partial charge is 0.497 e. The molecule has 124 valence electrons. The molecule has 0 saturated carbocycles. The Balaban J connectivity index is 1.67. The van der Waals surface area contributed by atoms with E-state index < -0.39 is 0 Å². The molecule has 0 aliphatic heterocycles. The van der Waals surface area contributed by atoms with Crippen molar-refractivity contribution >= 4 is 11.3 Å². The monoisotopic (exact) mass is 341 g/mol. The van der Waals surface area contributed by atoms with Crippen LogP contribution in [0.1, 0.15) is 16.5 Å². The molecule has 2 aromatic heterocycles. The number of nitrogens with one attached hydrogen (secondary N) is 1. The number of aliphatic hydroxyl groups excluding tert-OH is 1. The van der Waals surface area contributed by atoms with E-state index in [1.54, 1.807) is 24.6 Å². The number of pyridine rings is 1. The van der Waals surface area contributed by atoms with Gasteiger partial charge in [-0.05, 0) is 29.8 Å². The van der Waals surface area contributed by atoms with E-state index in [4.69, 9.17) is 4.74 Å². The van der Waals surface area contributed by atoms with Crippen LogP contribution < -0.4 is 10.1 Å². The summed E-state index contributed by atoms with van der Waals surface area (Å²) in [6, 6.07) is 13.3. The van der Waals surface area contributed by atoms with E-state index in [1.165, 1.54) is 0 Å². The maximum atomic E-state index is 9.68. The number of hydrogen-bond acceptors (Lipinski definition) is 6. The first-order chi connectivity index (χ1) is 11.8. The number of aliphatic hydroxyl groups is 1. The van der Waals surface area contributed by atoms with Gasteiger partial charge in [0, 0.05) is 23.8 Å². The molecule has 24 heavy (non-hydrogen) atoms. The minimum Gasteiger partial charge on any atom is -0.497 e. The second-order valence-electron chi connectivity index (χ2n) is 5.24. The number of nitrogens with zero attached hydrogens (tertiary/aromatic N) is 2. The summed E-state index contributed by atoms with van der Waals surface area (Å²) in [6.45, 7) is 0.645. The van der Waals surface area contributed by atoms with Gasteiger partial charge in [0.2, 0.25) is 0 Å². The number of aromatic nitrogens is 2. The molecule has 1 atom stereocenters. The Kier molecular flexibility index (Phi) is 5.53. The van der Waals surface area contributed by atoms with Gasteiger partial charge in [0.25, 0.3) is 0 Å². The van der Waals surface area contributed by atoms with Crippen molar-refractivity contribution in [1.29, 1.82) is 0 Å². The molecule has 2 N–H and O–H groups in total. The maximum absolute atomic E-state index is 9.68. The summed E-state index contributed by atoms with van der Waals surface area (Å²) < 4.78 is 5.24. The SMILES string of the molecule is COc1cccc([C@H](CO)NCc2cnc(-c3ccccn3)s2)c1. The zero-order chi connectivity index (χ0) is 16.8. The highest BCUT2D eigenvalue weighted by molar-refractivity contribution is 7.14. The zero-order valence-electron chi connectivity index (χ0n) is 13.3. The third-order valence-electron chi connectivity index (χ3n) is 3.64. The minimum atomic E-state index is -0.152. The summed E-state index contributed by atoms with van der Waals surface area (Å²) in [5, 5.41) is 13.9. The van der Waals surface area contributed by atoms with Crippen LogP contribution in [0, 0.1) is 0 Å². The summed E-state index contributed by atoms with van der Waals surface area (Å²) in [7, 11) is 1.64. The molecule has 3 rings (SSSR count). The van der Waals surface area contributed by atoms with Crippen LogP contribution in [-0.2, 0) is 6.54 Å². The van der Waals surface area contributed by atoms with E-state index in [-0.39, 0.29) is 12.6 Å². The van der Waals surface area contributed by atoms with Gasteiger partial charge >= 0.3 is 0 Å². The second kappa shape index (κ2) is 8.01. The van der Waals surface area contributed by atoms with Crippen molar-refractivity contribution in [3.05, 3.63) is 65.3 Å². The fraction of sp³-hybridized carbons (Fsp3) is 0.222. The Labute approximate surface area is 145 Å². The van der Waals surface area contributed by atoms with Crippen molar-refractivity contribution < 1.29 is 9.84 Å². The number of methoxy groups -OCH3 is 1. The van der Waals surface area contributed by atoms with Gasteiger partial charge in [0.1, 0.15) is 10.8 Å². The lowest BCUT2D eigenvalue weighted by Gasteiger charge is -2.16. The minimum absolute atomic E-state index is 0.0130. The van der Waals surface area contributed by atoms with E-state index in [0.717, 1.165) is 26.9 Å². The Hall–Kier alpha value is -2.28. The van der Waals surface area contributed by atoms with Crippen LogP contribution in [0.25, 0.3) is 10.7 Å². The van der Waals surface area contributed by atoms with Crippen LogP contribution >= 0.6 is 11.3 Å². The molecule has 5 nitrogen and oxygen atoms in total. The van der Waals surface area contributed by atoms with Gasteiger partial charge in [-0.1, -0.05) is 18.2 Å². The normalized spacial score (nSPS) is 12.1. The molecule has 3 aromatic rings. The van der Waals surface area contributed by atoms with Crippen LogP contribution in [0.4, 0.5) is 0 Å². The van der Waals surface area contributed by atoms with Crippen LogP contribution in [0.5, 0.6) is 5.75 Å². The van der Waals surface area contributed by atoms with Gasteiger partial charge in [0.05, 0.1) is 25.5 Å². The fourth-order valence-electron chi connectivity index (χ4n) is 2.37. The van der Waals surface area contributed by atoms with Crippen LogP contribution in [0.15, 0.2) is 54.9 Å².